The van der Waals surface area contributed by atoms with E-state index in [1.54, 1.807) is 0 Å². The van der Waals surface area contributed by atoms with Crippen LogP contribution in [0.25, 0.3) is 0 Å². The van der Waals surface area contributed by atoms with Crippen LogP contribution in [0.4, 0.5) is 0 Å². The fourth-order valence-electron chi connectivity index (χ4n) is 11.0. The Morgan fingerprint density at radius 1 is 0.297 bits per heavy atom. The van der Waals surface area contributed by atoms with Crippen LogP contribution in [0, 0.1) is 5.92 Å². The van der Waals surface area contributed by atoms with Gasteiger partial charge >= 0.3 is 39.5 Å². The zero-order valence-electron chi connectivity index (χ0n) is 59.0. The van der Waals surface area contributed by atoms with Crippen molar-refractivity contribution in [1.29, 1.82) is 0 Å². The van der Waals surface area contributed by atoms with E-state index in [9.17, 15) is 43.2 Å². The monoisotopic (exact) mass is 1340 g/mol. The van der Waals surface area contributed by atoms with Crippen molar-refractivity contribution in [3.8, 4) is 0 Å². The third kappa shape index (κ3) is 66.5. The lowest BCUT2D eigenvalue weighted by Gasteiger charge is -2.21. The van der Waals surface area contributed by atoms with Gasteiger partial charge in [-0.25, -0.2) is 9.13 Å². The number of ether oxygens (including phenoxy) is 4. The lowest BCUT2D eigenvalue weighted by molar-refractivity contribution is -0.161. The Morgan fingerprint density at radius 3 is 0.747 bits per heavy atom. The minimum Gasteiger partial charge on any atom is -0.462 e. The normalized spacial score (nSPS) is 14.0. The first-order chi connectivity index (χ1) is 44.0. The second-order valence-electron chi connectivity index (χ2n) is 26.5. The number of carbonyl (C=O) groups excluding carboxylic acids is 4. The highest BCUT2D eigenvalue weighted by atomic mass is 31.2. The van der Waals surface area contributed by atoms with Crippen LogP contribution in [0.2, 0.25) is 0 Å². The molecule has 0 aromatic heterocycles. The zero-order valence-corrected chi connectivity index (χ0v) is 60.8. The average Bonchev–Trinajstić information content (AvgIpc) is 2.87. The molecule has 0 fully saturated rings. The quantitative estimate of drug-likeness (QED) is 0.0222. The molecule has 5 atom stereocenters. The molecule has 0 aromatic rings. The highest BCUT2D eigenvalue weighted by Gasteiger charge is 2.30. The van der Waals surface area contributed by atoms with E-state index in [-0.39, 0.29) is 25.7 Å². The lowest BCUT2D eigenvalue weighted by Crippen LogP contribution is -2.30. The van der Waals surface area contributed by atoms with E-state index in [1.807, 2.05) is 0 Å². The maximum absolute atomic E-state index is 13.0. The molecule has 0 radical (unpaired) electrons. The topological polar surface area (TPSA) is 237 Å². The van der Waals surface area contributed by atoms with Gasteiger partial charge in [0, 0.05) is 25.7 Å². The Morgan fingerprint density at radius 2 is 0.505 bits per heavy atom. The molecule has 0 amide bonds. The van der Waals surface area contributed by atoms with Crippen molar-refractivity contribution in [2.75, 3.05) is 39.6 Å². The molecule has 0 saturated carbocycles. The third-order valence-corrected chi connectivity index (χ3v) is 18.7. The number of carbonyl (C=O) groups is 4. The summed E-state index contributed by atoms with van der Waals surface area (Å²) < 4.78 is 68.1. The van der Waals surface area contributed by atoms with E-state index in [4.69, 9.17) is 37.0 Å². The van der Waals surface area contributed by atoms with Gasteiger partial charge in [-0.05, 0) is 31.6 Å². The van der Waals surface area contributed by atoms with E-state index in [2.05, 4.69) is 34.6 Å². The molecule has 0 aromatic carbocycles. The van der Waals surface area contributed by atoms with Gasteiger partial charge in [0.25, 0.3) is 0 Å². The lowest BCUT2D eigenvalue weighted by atomic mass is 10.0. The molecule has 2 unspecified atom stereocenters. The highest BCUT2D eigenvalue weighted by Crippen LogP contribution is 2.45. The number of esters is 4. The molecule has 3 N–H and O–H groups in total. The summed E-state index contributed by atoms with van der Waals surface area (Å²) in [6, 6.07) is 0. The number of unbranched alkanes of at least 4 members (excludes halogenated alkanes) is 44. The van der Waals surface area contributed by atoms with Gasteiger partial charge in [0.2, 0.25) is 0 Å². The third-order valence-electron chi connectivity index (χ3n) is 16.8. The first kappa shape index (κ1) is 89.1. The molecule has 0 heterocycles. The minimum absolute atomic E-state index is 0.105. The fraction of sp³-hybridized carbons (Fsp3) is 0.944. The van der Waals surface area contributed by atoms with Crippen molar-refractivity contribution in [2.45, 2.75) is 393 Å². The molecular weight excluding hydrogens is 1200 g/mol. The van der Waals surface area contributed by atoms with E-state index >= 15 is 0 Å². The summed E-state index contributed by atoms with van der Waals surface area (Å²) in [7, 11) is -9.89. The maximum Gasteiger partial charge on any atom is 0.472 e. The van der Waals surface area contributed by atoms with Crippen molar-refractivity contribution in [1.82, 2.24) is 0 Å². The van der Waals surface area contributed by atoms with E-state index in [1.165, 1.54) is 193 Å². The van der Waals surface area contributed by atoms with Crippen molar-refractivity contribution < 1.29 is 80.2 Å². The van der Waals surface area contributed by atoms with Gasteiger partial charge in [0.1, 0.15) is 19.3 Å². The van der Waals surface area contributed by atoms with Crippen LogP contribution < -0.4 is 0 Å². The number of hydrogen-bond acceptors (Lipinski definition) is 15. The molecule has 0 aliphatic carbocycles. The molecular formula is C72H140O17P2. The molecule has 0 aliphatic heterocycles. The van der Waals surface area contributed by atoms with Gasteiger partial charge in [-0.3, -0.25) is 37.3 Å². The second kappa shape index (κ2) is 65.4. The van der Waals surface area contributed by atoms with Crippen LogP contribution in [-0.2, 0) is 65.4 Å². The van der Waals surface area contributed by atoms with E-state index < -0.39 is 97.5 Å². The summed E-state index contributed by atoms with van der Waals surface area (Å²) in [5.74, 6) is -1.39. The number of aliphatic hydroxyl groups excluding tert-OH is 1. The SMILES string of the molecule is CCCCCCCCCCCCCCCCCCCCCC(=O)O[C@H](COC(=O)CCCCCCCCCCCCCCCCC)COP(=O)(O)OC[C@@H](O)COP(=O)(O)OC[C@@H](COC(=O)CCCCCCC)OC(=O)CCCCCCCCCCCC(C)C. The maximum atomic E-state index is 13.0. The van der Waals surface area contributed by atoms with E-state index in [0.29, 0.717) is 25.7 Å². The Labute approximate surface area is 556 Å². The smallest absolute Gasteiger partial charge is 0.462 e. The summed E-state index contributed by atoms with van der Waals surface area (Å²) in [6.07, 6.45) is 53.2. The molecule has 17 nitrogen and oxygen atoms in total. The van der Waals surface area contributed by atoms with Crippen LogP contribution in [0.3, 0.4) is 0 Å². The number of phosphoric ester groups is 2. The predicted molar refractivity (Wildman–Crippen MR) is 368 cm³/mol. The molecule has 19 heteroatoms. The van der Waals surface area contributed by atoms with Gasteiger partial charge in [0.05, 0.1) is 26.4 Å². The van der Waals surface area contributed by atoms with Gasteiger partial charge in [-0.15, -0.1) is 0 Å². The molecule has 0 aliphatic rings. The predicted octanol–water partition coefficient (Wildman–Crippen LogP) is 20.9. The number of rotatable bonds is 72. The first-order valence-electron chi connectivity index (χ1n) is 37.6. The summed E-state index contributed by atoms with van der Waals surface area (Å²) in [5.41, 5.74) is 0. The van der Waals surface area contributed by atoms with Crippen molar-refractivity contribution in [3.63, 3.8) is 0 Å². The minimum atomic E-state index is -4.95. The van der Waals surface area contributed by atoms with Gasteiger partial charge in [0.15, 0.2) is 12.2 Å². The molecule has 0 rings (SSSR count). The standard InChI is InChI=1S/C72H140O17P2/c1-6-9-12-15-17-19-21-23-25-26-27-28-30-32-34-38-42-47-52-57-71(76)89-68(62-83-70(75)56-51-46-41-37-33-31-29-24-22-20-18-16-13-10-7-2)64-87-91(80,81)85-60-66(73)59-84-90(78,79)86-63-67(61-82-69(74)55-50-44-14-11-8-3)88-72(77)58-53-48-43-39-35-36-40-45-49-54-65(4)5/h65-68,73H,6-64H2,1-5H3,(H,78,79)(H,80,81)/t66-,67+,68+/m0/s1. The Bertz CT molecular complexity index is 1750. The molecule has 0 spiro atoms. The van der Waals surface area contributed by atoms with Gasteiger partial charge in [-0.2, -0.15) is 0 Å². The van der Waals surface area contributed by atoms with Crippen LogP contribution in [0.5, 0.6) is 0 Å². The van der Waals surface area contributed by atoms with Gasteiger partial charge in [-0.1, -0.05) is 324 Å². The second-order valence-corrected chi connectivity index (χ2v) is 29.4. The summed E-state index contributed by atoms with van der Waals surface area (Å²) in [4.78, 5) is 72.3. The molecule has 91 heavy (non-hydrogen) atoms. The Balaban J connectivity index is 5.14. The first-order valence-corrected chi connectivity index (χ1v) is 40.6. The van der Waals surface area contributed by atoms with Gasteiger partial charge < -0.3 is 33.8 Å². The number of hydrogen-bond donors (Lipinski definition) is 3. The van der Waals surface area contributed by atoms with Crippen LogP contribution in [0.1, 0.15) is 375 Å². The van der Waals surface area contributed by atoms with Crippen molar-refractivity contribution in [2.24, 2.45) is 5.92 Å². The zero-order chi connectivity index (χ0) is 67.0. The number of phosphoric acid groups is 2. The van der Waals surface area contributed by atoms with E-state index in [0.717, 1.165) is 102 Å². The average molecular weight is 1340 g/mol. The molecule has 540 valence electrons. The summed E-state index contributed by atoms with van der Waals surface area (Å²) >= 11 is 0. The highest BCUT2D eigenvalue weighted by molar-refractivity contribution is 7.47. The van der Waals surface area contributed by atoms with Crippen LogP contribution in [-0.4, -0.2) is 96.7 Å². The fourth-order valence-corrected chi connectivity index (χ4v) is 12.6. The van der Waals surface area contributed by atoms with Crippen LogP contribution in [0.15, 0.2) is 0 Å². The van der Waals surface area contributed by atoms with Crippen molar-refractivity contribution >= 4 is 39.5 Å². The van der Waals surface area contributed by atoms with Crippen LogP contribution >= 0.6 is 15.6 Å². The molecule has 0 saturated heterocycles. The number of aliphatic hydroxyl groups is 1. The largest absolute Gasteiger partial charge is 0.472 e. The summed E-state index contributed by atoms with van der Waals surface area (Å²) in [6.45, 7) is 7.15. The molecule has 0 bridgehead atoms. The Hall–Kier alpha value is -1.94. The summed E-state index contributed by atoms with van der Waals surface area (Å²) in [5, 5.41) is 10.6. The van der Waals surface area contributed by atoms with Crippen molar-refractivity contribution in [3.05, 3.63) is 0 Å². The Kier molecular flexibility index (Phi) is 64.0.